The molecular formula is C26H14Br2O. The number of benzene rings is 4. The molecule has 0 aromatic heterocycles. The van der Waals surface area contributed by atoms with Crippen molar-refractivity contribution in [3.8, 4) is 11.1 Å². The van der Waals surface area contributed by atoms with E-state index in [1.165, 1.54) is 22.3 Å². The summed E-state index contributed by atoms with van der Waals surface area (Å²) in [5, 5.41) is 0. The van der Waals surface area contributed by atoms with E-state index in [4.69, 9.17) is 0 Å². The van der Waals surface area contributed by atoms with Crippen molar-refractivity contribution in [2.75, 3.05) is 0 Å². The van der Waals surface area contributed by atoms with Gasteiger partial charge < -0.3 is 0 Å². The molecule has 2 aliphatic rings. The van der Waals surface area contributed by atoms with Gasteiger partial charge in [0.25, 0.3) is 0 Å². The lowest BCUT2D eigenvalue weighted by atomic mass is 9.61. The van der Waals surface area contributed by atoms with Crippen molar-refractivity contribution < 1.29 is 4.79 Å². The number of carbonyl (C=O) groups is 1. The molecule has 3 heteroatoms. The summed E-state index contributed by atoms with van der Waals surface area (Å²) in [6.07, 6.45) is 0. The maximum absolute atomic E-state index is 13.5. The monoisotopic (exact) mass is 500 g/mol. The van der Waals surface area contributed by atoms with Crippen molar-refractivity contribution in [2.24, 2.45) is 0 Å². The Labute approximate surface area is 185 Å². The number of carbonyl (C=O) groups excluding carboxylic acids is 1. The highest BCUT2D eigenvalue weighted by molar-refractivity contribution is 9.10. The number of rotatable bonds is 0. The molecule has 0 N–H and O–H groups in total. The highest BCUT2D eigenvalue weighted by atomic mass is 79.9. The standard InChI is InChI=1S/C26H14Br2O/c27-15-9-11-23-19(13-15)25(29)20-14-16(28)10-12-24(20)26(23)21-7-3-1-5-17(21)18-6-2-4-8-22(18)26/h1-14H. The molecule has 0 atom stereocenters. The zero-order chi connectivity index (χ0) is 19.8. The third-order valence-corrected chi connectivity index (χ3v) is 7.20. The van der Waals surface area contributed by atoms with E-state index in [9.17, 15) is 4.79 Å². The van der Waals surface area contributed by atoms with Crippen LogP contribution in [-0.4, -0.2) is 5.78 Å². The van der Waals surface area contributed by atoms with Crippen LogP contribution in [0.5, 0.6) is 0 Å². The van der Waals surface area contributed by atoms with E-state index in [0.29, 0.717) is 0 Å². The first-order valence-corrected chi connectivity index (χ1v) is 11.0. The van der Waals surface area contributed by atoms with Crippen LogP contribution >= 0.6 is 31.9 Å². The summed E-state index contributed by atoms with van der Waals surface area (Å²) < 4.78 is 1.83. The van der Waals surface area contributed by atoms with Gasteiger partial charge in [-0.15, -0.1) is 0 Å². The summed E-state index contributed by atoms with van der Waals surface area (Å²) in [4.78, 5) is 13.5. The Morgan fingerprint density at radius 1 is 0.517 bits per heavy atom. The van der Waals surface area contributed by atoms with Crippen LogP contribution in [0.15, 0.2) is 93.9 Å². The predicted molar refractivity (Wildman–Crippen MR) is 123 cm³/mol. The molecule has 0 saturated heterocycles. The van der Waals surface area contributed by atoms with Gasteiger partial charge in [-0.2, -0.15) is 0 Å². The van der Waals surface area contributed by atoms with Crippen molar-refractivity contribution in [3.05, 3.63) is 127 Å². The maximum atomic E-state index is 13.5. The van der Waals surface area contributed by atoms with E-state index in [1.807, 2.05) is 24.3 Å². The van der Waals surface area contributed by atoms with Gasteiger partial charge in [0.1, 0.15) is 0 Å². The number of ketones is 1. The van der Waals surface area contributed by atoms with E-state index >= 15 is 0 Å². The molecule has 6 rings (SSSR count). The lowest BCUT2D eigenvalue weighted by Gasteiger charge is -2.39. The Morgan fingerprint density at radius 3 is 1.41 bits per heavy atom. The SMILES string of the molecule is O=C1c2cc(Br)ccc2C2(c3ccc(Br)cc31)c1ccccc1-c1ccccc12. The van der Waals surface area contributed by atoms with E-state index in [0.717, 1.165) is 31.2 Å². The summed E-state index contributed by atoms with van der Waals surface area (Å²) in [5.41, 5.74) is 8.08. The second-order valence-corrected chi connectivity index (χ2v) is 9.38. The summed E-state index contributed by atoms with van der Waals surface area (Å²) in [6, 6.07) is 29.4. The van der Waals surface area contributed by atoms with Crippen molar-refractivity contribution in [2.45, 2.75) is 5.41 Å². The molecule has 1 spiro atoms. The molecule has 1 nitrogen and oxygen atoms in total. The Morgan fingerprint density at radius 2 is 0.931 bits per heavy atom. The van der Waals surface area contributed by atoms with Gasteiger partial charge in [0.05, 0.1) is 5.41 Å². The van der Waals surface area contributed by atoms with Crippen LogP contribution in [0, 0.1) is 0 Å². The summed E-state index contributed by atoms with van der Waals surface area (Å²) >= 11 is 7.14. The van der Waals surface area contributed by atoms with Crippen LogP contribution in [0.4, 0.5) is 0 Å². The van der Waals surface area contributed by atoms with Crippen molar-refractivity contribution in [1.29, 1.82) is 0 Å². The number of hydrogen-bond acceptors (Lipinski definition) is 1. The number of halogens is 2. The quantitative estimate of drug-likeness (QED) is 0.216. The first kappa shape index (κ1) is 17.4. The molecule has 4 aromatic carbocycles. The minimum absolute atomic E-state index is 0.0742. The van der Waals surface area contributed by atoms with Gasteiger partial charge in [0.15, 0.2) is 5.78 Å². The van der Waals surface area contributed by atoms with Crippen LogP contribution in [0.1, 0.15) is 38.2 Å². The van der Waals surface area contributed by atoms with Gasteiger partial charge in [-0.3, -0.25) is 4.79 Å². The highest BCUT2D eigenvalue weighted by Crippen LogP contribution is 2.59. The van der Waals surface area contributed by atoms with Gasteiger partial charge >= 0.3 is 0 Å². The summed E-state index contributed by atoms with van der Waals surface area (Å²) in [5.74, 6) is 0.0742. The van der Waals surface area contributed by atoms with Crippen LogP contribution < -0.4 is 0 Å². The van der Waals surface area contributed by atoms with E-state index in [1.54, 1.807) is 0 Å². The first-order chi connectivity index (χ1) is 14.1. The van der Waals surface area contributed by atoms with Crippen molar-refractivity contribution in [3.63, 3.8) is 0 Å². The molecule has 4 aromatic rings. The summed E-state index contributed by atoms with van der Waals surface area (Å²) in [6.45, 7) is 0. The molecule has 0 fully saturated rings. The fraction of sp³-hybridized carbons (Fsp3) is 0.0385. The lowest BCUT2D eigenvalue weighted by molar-refractivity contribution is 0.103. The largest absolute Gasteiger partial charge is 0.289 e. The molecule has 138 valence electrons. The Bertz CT molecular complexity index is 1250. The Kier molecular flexibility index (Phi) is 3.60. The smallest absolute Gasteiger partial charge is 0.193 e. The topological polar surface area (TPSA) is 17.1 Å². The minimum atomic E-state index is -0.493. The zero-order valence-corrected chi connectivity index (χ0v) is 18.4. The highest BCUT2D eigenvalue weighted by Gasteiger charge is 2.51. The zero-order valence-electron chi connectivity index (χ0n) is 15.2. The van der Waals surface area contributed by atoms with Crippen LogP contribution in [-0.2, 0) is 5.41 Å². The third kappa shape index (κ3) is 2.12. The van der Waals surface area contributed by atoms with E-state index in [-0.39, 0.29) is 5.78 Å². The van der Waals surface area contributed by atoms with Crippen LogP contribution in [0.2, 0.25) is 0 Å². The van der Waals surface area contributed by atoms with Gasteiger partial charge in [0, 0.05) is 20.1 Å². The number of hydrogen-bond donors (Lipinski definition) is 0. The Hall–Kier alpha value is -2.49. The molecule has 0 heterocycles. The molecular weight excluding hydrogens is 488 g/mol. The molecule has 0 bridgehead atoms. The van der Waals surface area contributed by atoms with E-state index in [2.05, 4.69) is 92.5 Å². The average molecular weight is 502 g/mol. The Balaban J connectivity index is 1.87. The molecule has 0 aliphatic heterocycles. The number of fused-ring (bicyclic) bond motifs is 9. The predicted octanol–water partition coefficient (Wildman–Crippen LogP) is 7.12. The third-order valence-electron chi connectivity index (χ3n) is 6.21. The molecule has 0 saturated carbocycles. The molecule has 0 radical (unpaired) electrons. The maximum Gasteiger partial charge on any atom is 0.193 e. The van der Waals surface area contributed by atoms with Gasteiger partial charge in [-0.25, -0.2) is 0 Å². The lowest BCUT2D eigenvalue weighted by Crippen LogP contribution is -2.36. The fourth-order valence-corrected chi connectivity index (χ4v) is 5.89. The van der Waals surface area contributed by atoms with E-state index < -0.39 is 5.41 Å². The summed E-state index contributed by atoms with van der Waals surface area (Å²) in [7, 11) is 0. The van der Waals surface area contributed by atoms with Gasteiger partial charge in [-0.1, -0.05) is 92.5 Å². The minimum Gasteiger partial charge on any atom is -0.289 e. The first-order valence-electron chi connectivity index (χ1n) is 9.46. The molecule has 29 heavy (non-hydrogen) atoms. The average Bonchev–Trinajstić information content (AvgIpc) is 3.04. The van der Waals surface area contributed by atoms with Crippen molar-refractivity contribution >= 4 is 37.6 Å². The van der Waals surface area contributed by atoms with Gasteiger partial charge in [0.2, 0.25) is 0 Å². The van der Waals surface area contributed by atoms with Crippen LogP contribution in [0.25, 0.3) is 11.1 Å². The second-order valence-electron chi connectivity index (χ2n) is 7.55. The molecule has 0 amide bonds. The van der Waals surface area contributed by atoms with Crippen molar-refractivity contribution in [1.82, 2.24) is 0 Å². The fourth-order valence-electron chi connectivity index (χ4n) is 5.17. The normalized spacial score (nSPS) is 14.9. The van der Waals surface area contributed by atoms with Gasteiger partial charge in [-0.05, 0) is 57.6 Å². The molecule has 2 aliphatic carbocycles. The second kappa shape index (κ2) is 6.01. The van der Waals surface area contributed by atoms with Crippen LogP contribution in [0.3, 0.4) is 0 Å². The molecule has 0 unspecified atom stereocenters.